The highest BCUT2D eigenvalue weighted by Crippen LogP contribution is 2.28. The van der Waals surface area contributed by atoms with Crippen molar-refractivity contribution in [1.29, 1.82) is 0 Å². The quantitative estimate of drug-likeness (QED) is 0.737. The molecule has 110 valence electrons. The van der Waals surface area contributed by atoms with E-state index in [0.717, 1.165) is 28.0 Å². The molecule has 0 unspecified atom stereocenters. The van der Waals surface area contributed by atoms with Gasteiger partial charge in [-0.1, -0.05) is 54.6 Å². The lowest BCUT2D eigenvalue weighted by molar-refractivity contribution is 0.306. The maximum atomic E-state index is 9.85. The number of aryl methyl sites for hydroxylation is 1. The Balaban J connectivity index is 1.79. The van der Waals surface area contributed by atoms with Gasteiger partial charge in [-0.2, -0.15) is 0 Å². The minimum absolute atomic E-state index is 0.313. The number of phenolic OH excluding ortho intramolecular Hbond substituents is 1. The number of benzene rings is 3. The molecule has 0 heterocycles. The molecule has 0 radical (unpaired) electrons. The lowest BCUT2D eigenvalue weighted by Crippen LogP contribution is -1.95. The standard InChI is InChI=1S/C20H18O2/c1-15-10-11-18(13-20(15)21)17-8-5-9-19(12-17)22-14-16-6-3-2-4-7-16/h2-13,21H,14H2,1H3. The smallest absolute Gasteiger partial charge is 0.120 e. The van der Waals surface area contributed by atoms with Gasteiger partial charge in [0.2, 0.25) is 0 Å². The van der Waals surface area contributed by atoms with Crippen LogP contribution in [0.15, 0.2) is 72.8 Å². The molecule has 22 heavy (non-hydrogen) atoms. The Morgan fingerprint density at radius 1 is 0.818 bits per heavy atom. The second-order valence-electron chi connectivity index (χ2n) is 5.30. The molecule has 0 aliphatic rings. The number of ether oxygens (including phenoxy) is 1. The van der Waals surface area contributed by atoms with Gasteiger partial charge in [0.1, 0.15) is 18.1 Å². The van der Waals surface area contributed by atoms with E-state index in [0.29, 0.717) is 12.4 Å². The van der Waals surface area contributed by atoms with Gasteiger partial charge in [0.05, 0.1) is 0 Å². The van der Waals surface area contributed by atoms with Crippen LogP contribution in [0.3, 0.4) is 0 Å². The zero-order chi connectivity index (χ0) is 15.4. The third-order valence-corrected chi connectivity index (χ3v) is 3.62. The van der Waals surface area contributed by atoms with Crippen molar-refractivity contribution in [3.63, 3.8) is 0 Å². The molecule has 0 aliphatic heterocycles. The zero-order valence-corrected chi connectivity index (χ0v) is 12.5. The van der Waals surface area contributed by atoms with Gasteiger partial charge in [0.15, 0.2) is 0 Å². The largest absolute Gasteiger partial charge is 0.508 e. The maximum absolute atomic E-state index is 9.85. The van der Waals surface area contributed by atoms with E-state index in [1.807, 2.05) is 73.7 Å². The van der Waals surface area contributed by atoms with Gasteiger partial charge in [-0.3, -0.25) is 0 Å². The monoisotopic (exact) mass is 290 g/mol. The van der Waals surface area contributed by atoms with Gasteiger partial charge in [-0.15, -0.1) is 0 Å². The molecule has 2 nitrogen and oxygen atoms in total. The SMILES string of the molecule is Cc1ccc(-c2cccc(OCc3ccccc3)c2)cc1O. The second-order valence-corrected chi connectivity index (χ2v) is 5.30. The van der Waals surface area contributed by atoms with Crippen molar-refractivity contribution < 1.29 is 9.84 Å². The Morgan fingerprint density at radius 3 is 2.36 bits per heavy atom. The Hall–Kier alpha value is -2.74. The highest BCUT2D eigenvalue weighted by molar-refractivity contribution is 5.67. The van der Waals surface area contributed by atoms with Crippen LogP contribution in [-0.4, -0.2) is 5.11 Å². The van der Waals surface area contributed by atoms with Crippen LogP contribution in [-0.2, 0) is 6.61 Å². The summed E-state index contributed by atoms with van der Waals surface area (Å²) in [6.45, 7) is 2.43. The summed E-state index contributed by atoms with van der Waals surface area (Å²) in [5.74, 6) is 1.13. The normalized spacial score (nSPS) is 10.4. The van der Waals surface area contributed by atoms with Crippen molar-refractivity contribution in [2.24, 2.45) is 0 Å². The first kappa shape index (κ1) is 14.2. The van der Waals surface area contributed by atoms with Crippen LogP contribution < -0.4 is 4.74 Å². The van der Waals surface area contributed by atoms with Crippen LogP contribution in [0.25, 0.3) is 11.1 Å². The Kier molecular flexibility index (Phi) is 4.10. The molecule has 0 aliphatic carbocycles. The molecule has 1 N–H and O–H groups in total. The molecule has 0 fully saturated rings. The number of hydrogen-bond donors (Lipinski definition) is 1. The highest BCUT2D eigenvalue weighted by Gasteiger charge is 2.03. The average molecular weight is 290 g/mol. The van der Waals surface area contributed by atoms with Crippen molar-refractivity contribution in [3.05, 3.63) is 83.9 Å². The van der Waals surface area contributed by atoms with Crippen LogP contribution in [0.2, 0.25) is 0 Å². The predicted molar refractivity (Wildman–Crippen MR) is 89.1 cm³/mol. The summed E-state index contributed by atoms with van der Waals surface area (Å²) in [4.78, 5) is 0. The van der Waals surface area contributed by atoms with E-state index >= 15 is 0 Å². The lowest BCUT2D eigenvalue weighted by Gasteiger charge is -2.09. The molecular weight excluding hydrogens is 272 g/mol. The third kappa shape index (κ3) is 3.29. The first-order valence-corrected chi connectivity index (χ1v) is 7.29. The molecule has 3 aromatic carbocycles. The number of phenols is 1. The summed E-state index contributed by atoms with van der Waals surface area (Å²) in [5.41, 5.74) is 4.02. The minimum Gasteiger partial charge on any atom is -0.508 e. The second kappa shape index (κ2) is 6.35. The highest BCUT2D eigenvalue weighted by atomic mass is 16.5. The molecule has 2 heteroatoms. The fourth-order valence-electron chi connectivity index (χ4n) is 2.30. The summed E-state index contributed by atoms with van der Waals surface area (Å²) in [7, 11) is 0. The van der Waals surface area contributed by atoms with Crippen molar-refractivity contribution in [2.75, 3.05) is 0 Å². The molecule has 0 saturated heterocycles. The van der Waals surface area contributed by atoms with Crippen LogP contribution >= 0.6 is 0 Å². The van der Waals surface area contributed by atoms with Crippen LogP contribution in [0.1, 0.15) is 11.1 Å². The first-order valence-electron chi connectivity index (χ1n) is 7.29. The van der Waals surface area contributed by atoms with Gasteiger partial charge >= 0.3 is 0 Å². The van der Waals surface area contributed by atoms with E-state index < -0.39 is 0 Å². The van der Waals surface area contributed by atoms with Crippen LogP contribution in [0.4, 0.5) is 0 Å². The van der Waals surface area contributed by atoms with Crippen molar-refractivity contribution >= 4 is 0 Å². The topological polar surface area (TPSA) is 29.5 Å². The van der Waals surface area contributed by atoms with E-state index in [4.69, 9.17) is 4.74 Å². The Morgan fingerprint density at radius 2 is 1.59 bits per heavy atom. The van der Waals surface area contributed by atoms with Gasteiger partial charge < -0.3 is 9.84 Å². The molecule has 0 bridgehead atoms. The first-order chi connectivity index (χ1) is 10.7. The van der Waals surface area contributed by atoms with E-state index in [1.165, 1.54) is 0 Å². The van der Waals surface area contributed by atoms with Crippen molar-refractivity contribution in [2.45, 2.75) is 13.5 Å². The number of rotatable bonds is 4. The lowest BCUT2D eigenvalue weighted by atomic mass is 10.0. The average Bonchev–Trinajstić information content (AvgIpc) is 2.57. The molecule has 3 rings (SSSR count). The minimum atomic E-state index is 0.313. The molecule has 0 amide bonds. The Bertz CT molecular complexity index is 764. The molecule has 0 saturated carbocycles. The van der Waals surface area contributed by atoms with Gasteiger partial charge in [0, 0.05) is 0 Å². The molecule has 0 aromatic heterocycles. The predicted octanol–water partition coefficient (Wildman–Crippen LogP) is 4.95. The molecular formula is C20H18O2. The van der Waals surface area contributed by atoms with Gasteiger partial charge in [-0.05, 0) is 47.4 Å². The summed E-state index contributed by atoms with van der Waals surface area (Å²) in [6, 6.07) is 23.7. The molecule has 0 atom stereocenters. The van der Waals surface area contributed by atoms with E-state index in [1.54, 1.807) is 6.07 Å². The summed E-state index contributed by atoms with van der Waals surface area (Å²) < 4.78 is 5.85. The van der Waals surface area contributed by atoms with Crippen molar-refractivity contribution in [3.8, 4) is 22.6 Å². The molecule has 3 aromatic rings. The fraction of sp³-hybridized carbons (Fsp3) is 0.100. The van der Waals surface area contributed by atoms with E-state index in [-0.39, 0.29) is 0 Å². The van der Waals surface area contributed by atoms with Crippen molar-refractivity contribution in [1.82, 2.24) is 0 Å². The third-order valence-electron chi connectivity index (χ3n) is 3.62. The van der Waals surface area contributed by atoms with E-state index in [9.17, 15) is 5.11 Å². The number of aromatic hydroxyl groups is 1. The molecule has 0 spiro atoms. The van der Waals surface area contributed by atoms with Crippen LogP contribution in [0.5, 0.6) is 11.5 Å². The van der Waals surface area contributed by atoms with Gasteiger partial charge in [-0.25, -0.2) is 0 Å². The zero-order valence-electron chi connectivity index (χ0n) is 12.5. The van der Waals surface area contributed by atoms with E-state index in [2.05, 4.69) is 0 Å². The van der Waals surface area contributed by atoms with Crippen LogP contribution in [0, 0.1) is 6.92 Å². The maximum Gasteiger partial charge on any atom is 0.120 e. The Labute approximate surface area is 130 Å². The summed E-state index contributed by atoms with van der Waals surface area (Å²) in [6.07, 6.45) is 0. The number of hydrogen-bond acceptors (Lipinski definition) is 2. The van der Waals surface area contributed by atoms with Gasteiger partial charge in [0.25, 0.3) is 0 Å². The summed E-state index contributed by atoms with van der Waals surface area (Å²) in [5, 5.41) is 9.85. The summed E-state index contributed by atoms with van der Waals surface area (Å²) >= 11 is 0. The fourth-order valence-corrected chi connectivity index (χ4v) is 2.30.